The third-order valence-electron chi connectivity index (χ3n) is 8.61. The van der Waals surface area contributed by atoms with Crippen LogP contribution in [-0.2, 0) is 19.2 Å². The van der Waals surface area contributed by atoms with Crippen molar-refractivity contribution >= 4 is 40.6 Å². The van der Waals surface area contributed by atoms with E-state index in [0.29, 0.717) is 25.9 Å². The van der Waals surface area contributed by atoms with Crippen LogP contribution in [0.4, 0.5) is 0 Å². The molecule has 42 heavy (non-hydrogen) atoms. The predicted molar refractivity (Wildman–Crippen MR) is 160 cm³/mol. The summed E-state index contributed by atoms with van der Waals surface area (Å²) in [6.07, 6.45) is 6.71. The molecule has 4 atom stereocenters. The van der Waals surface area contributed by atoms with E-state index in [9.17, 15) is 19.2 Å². The molecule has 5 rings (SSSR count). The van der Waals surface area contributed by atoms with Gasteiger partial charge in [0.25, 0.3) is 5.91 Å². The van der Waals surface area contributed by atoms with E-state index in [4.69, 9.17) is 4.98 Å². The molecule has 0 aliphatic carbocycles. The van der Waals surface area contributed by atoms with Crippen molar-refractivity contribution in [3.63, 3.8) is 0 Å². The van der Waals surface area contributed by atoms with Gasteiger partial charge in [0.2, 0.25) is 17.7 Å². The summed E-state index contributed by atoms with van der Waals surface area (Å²) in [5, 5.41) is 8.14. The lowest BCUT2D eigenvalue weighted by atomic mass is 9.89. The molecule has 0 saturated carbocycles. The van der Waals surface area contributed by atoms with Crippen molar-refractivity contribution in [1.82, 2.24) is 31.0 Å². The smallest absolute Gasteiger partial charge is 0.258 e. The number of nitrogens with zero attached hydrogens (tertiary/aromatic N) is 3. The van der Waals surface area contributed by atoms with Crippen LogP contribution in [0, 0.1) is 11.3 Å². The zero-order valence-electron chi connectivity index (χ0n) is 25.1. The fourth-order valence-corrected chi connectivity index (χ4v) is 5.94. The summed E-state index contributed by atoms with van der Waals surface area (Å²) in [6.45, 7) is 10.0. The molecule has 2 aromatic rings. The Labute approximate surface area is 247 Å². The van der Waals surface area contributed by atoms with Gasteiger partial charge in [-0.2, -0.15) is 0 Å². The molecule has 0 spiro atoms. The van der Waals surface area contributed by atoms with Gasteiger partial charge in [0.15, 0.2) is 0 Å². The van der Waals surface area contributed by atoms with Crippen molar-refractivity contribution in [2.45, 2.75) is 84.5 Å². The average molecular weight is 575 g/mol. The molecule has 4 amide bonds. The van der Waals surface area contributed by atoms with Gasteiger partial charge in [-0.25, -0.2) is 5.43 Å². The van der Waals surface area contributed by atoms with Crippen LogP contribution in [0.1, 0.15) is 77.6 Å². The Hall–Kier alpha value is -3.79. The first-order chi connectivity index (χ1) is 19.9. The zero-order chi connectivity index (χ0) is 30.2. The maximum absolute atomic E-state index is 13.8. The summed E-state index contributed by atoms with van der Waals surface area (Å²) < 4.78 is 0. The molecule has 2 fully saturated rings. The van der Waals surface area contributed by atoms with Gasteiger partial charge in [0, 0.05) is 18.5 Å². The number of carbonyl (C=O) groups is 4. The third-order valence-corrected chi connectivity index (χ3v) is 8.61. The number of hydrogen-bond acceptors (Lipinski definition) is 6. The second kappa shape index (κ2) is 11.8. The number of hydrazine groups is 1. The molecule has 224 valence electrons. The fraction of sp³-hybridized carbons (Fsp3) is 0.531. The molecule has 1 aromatic carbocycles. The van der Waals surface area contributed by atoms with Crippen LogP contribution in [0.2, 0.25) is 0 Å². The highest BCUT2D eigenvalue weighted by Gasteiger charge is 2.38. The Morgan fingerprint density at radius 1 is 0.952 bits per heavy atom. The minimum absolute atomic E-state index is 0.0408. The molecule has 5 bridgehead atoms. The first-order valence-corrected chi connectivity index (χ1v) is 15.0. The Bertz CT molecular complexity index is 1420. The number of rotatable bonds is 1. The van der Waals surface area contributed by atoms with E-state index in [0.717, 1.165) is 35.0 Å². The standard InChI is InChI=1S/C32H42N6O4/c1-19(2)27-28(39)33-20(3)29(40)38-17-6-8-24(36-38)30(41)37-16-7-9-26(37)23-13-12-22-11-10-21(18-25(22)34-23)14-15-32(4,5)31(42)35-27/h10-15,18-20,24,26-27,36H,6-9,16-17H2,1-5H3,(H,33,39)(H,35,42)/t20-,24-,26-,27-/m0/s1. The molecule has 2 saturated heterocycles. The molecule has 1 aromatic heterocycles. The number of fused-ring (bicyclic) bond motifs is 6. The molecule has 10 nitrogen and oxygen atoms in total. The molecule has 3 N–H and O–H groups in total. The van der Waals surface area contributed by atoms with Crippen molar-refractivity contribution in [1.29, 1.82) is 0 Å². The van der Waals surface area contributed by atoms with Gasteiger partial charge in [0.05, 0.1) is 22.7 Å². The van der Waals surface area contributed by atoms with Crippen molar-refractivity contribution < 1.29 is 19.2 Å². The molecule has 3 aliphatic rings. The van der Waals surface area contributed by atoms with Crippen LogP contribution in [0.5, 0.6) is 0 Å². The Morgan fingerprint density at radius 3 is 2.45 bits per heavy atom. The van der Waals surface area contributed by atoms with E-state index in [1.807, 2.05) is 61.2 Å². The quantitative estimate of drug-likeness (QED) is 0.481. The first kappa shape index (κ1) is 29.7. The Balaban J connectivity index is 1.53. The van der Waals surface area contributed by atoms with E-state index in [-0.39, 0.29) is 29.7 Å². The average Bonchev–Trinajstić information content (AvgIpc) is 3.47. The lowest BCUT2D eigenvalue weighted by molar-refractivity contribution is -0.146. The van der Waals surface area contributed by atoms with Gasteiger partial charge >= 0.3 is 0 Å². The van der Waals surface area contributed by atoms with E-state index < -0.39 is 29.4 Å². The van der Waals surface area contributed by atoms with Crippen molar-refractivity contribution in [3.8, 4) is 0 Å². The van der Waals surface area contributed by atoms with Gasteiger partial charge in [-0.3, -0.25) is 29.2 Å². The number of aromatic nitrogens is 1. The van der Waals surface area contributed by atoms with Gasteiger partial charge in [-0.05, 0) is 70.1 Å². The summed E-state index contributed by atoms with van der Waals surface area (Å²) in [6, 6.07) is 7.66. The third kappa shape index (κ3) is 6.04. The molecular weight excluding hydrogens is 532 g/mol. The monoisotopic (exact) mass is 574 g/mol. The summed E-state index contributed by atoms with van der Waals surface area (Å²) in [7, 11) is 0. The lowest BCUT2D eigenvalue weighted by Gasteiger charge is -2.37. The molecule has 0 radical (unpaired) electrons. The maximum atomic E-state index is 13.8. The first-order valence-electron chi connectivity index (χ1n) is 15.0. The Morgan fingerprint density at radius 2 is 1.69 bits per heavy atom. The number of nitrogens with one attached hydrogen (secondary N) is 3. The maximum Gasteiger partial charge on any atom is 0.258 e. The number of hydrogen-bond donors (Lipinski definition) is 3. The number of amides is 4. The van der Waals surface area contributed by atoms with Crippen LogP contribution < -0.4 is 16.1 Å². The second-order valence-electron chi connectivity index (χ2n) is 12.7. The summed E-state index contributed by atoms with van der Waals surface area (Å²) in [5.74, 6) is -1.29. The molecular formula is C32H42N6O4. The van der Waals surface area contributed by atoms with Crippen molar-refractivity contribution in [2.75, 3.05) is 13.1 Å². The number of benzene rings is 1. The molecule has 0 unspecified atom stereocenters. The highest BCUT2D eigenvalue weighted by Crippen LogP contribution is 2.33. The minimum atomic E-state index is -0.907. The summed E-state index contributed by atoms with van der Waals surface area (Å²) in [4.78, 5) is 60.7. The lowest BCUT2D eigenvalue weighted by Crippen LogP contribution is -2.62. The Kier molecular flexibility index (Phi) is 8.37. The van der Waals surface area contributed by atoms with E-state index >= 15 is 0 Å². The summed E-state index contributed by atoms with van der Waals surface area (Å²) >= 11 is 0. The fourth-order valence-electron chi connectivity index (χ4n) is 5.94. The zero-order valence-corrected chi connectivity index (χ0v) is 25.1. The van der Waals surface area contributed by atoms with Crippen LogP contribution in [-0.4, -0.2) is 69.7 Å². The van der Waals surface area contributed by atoms with Gasteiger partial charge in [-0.15, -0.1) is 0 Å². The van der Waals surface area contributed by atoms with E-state index in [2.05, 4.69) is 16.1 Å². The number of pyridine rings is 1. The van der Waals surface area contributed by atoms with Crippen LogP contribution in [0.15, 0.2) is 36.4 Å². The normalized spacial score (nSPS) is 27.3. The number of carbonyl (C=O) groups excluding carboxylic acids is 4. The molecule has 10 heteroatoms. The van der Waals surface area contributed by atoms with Crippen LogP contribution >= 0.6 is 0 Å². The molecule has 4 heterocycles. The van der Waals surface area contributed by atoms with Crippen LogP contribution in [0.3, 0.4) is 0 Å². The highest BCUT2D eigenvalue weighted by molar-refractivity contribution is 5.94. The van der Waals surface area contributed by atoms with Crippen molar-refractivity contribution in [3.05, 3.63) is 47.7 Å². The van der Waals surface area contributed by atoms with Gasteiger partial charge < -0.3 is 15.5 Å². The largest absolute Gasteiger partial charge is 0.343 e. The highest BCUT2D eigenvalue weighted by atomic mass is 16.2. The van der Waals surface area contributed by atoms with E-state index in [1.54, 1.807) is 20.8 Å². The predicted octanol–water partition coefficient (Wildman–Crippen LogP) is 3.09. The SMILES string of the molecule is CC(C)[C@@H]1NC(=O)C(C)(C)C=Cc2ccc3ccc(nc3c2)[C@@H]2CCCN2C(=O)[C@@H]2CCCN(N2)C(=O)[C@H](C)NC1=O. The van der Waals surface area contributed by atoms with E-state index in [1.165, 1.54) is 5.01 Å². The van der Waals surface area contributed by atoms with Gasteiger partial charge in [-0.1, -0.05) is 44.2 Å². The topological polar surface area (TPSA) is 124 Å². The van der Waals surface area contributed by atoms with Crippen LogP contribution in [0.25, 0.3) is 17.0 Å². The minimum Gasteiger partial charge on any atom is -0.343 e. The summed E-state index contributed by atoms with van der Waals surface area (Å²) in [5.41, 5.74) is 4.81. The van der Waals surface area contributed by atoms with Gasteiger partial charge in [0.1, 0.15) is 18.1 Å². The second-order valence-corrected chi connectivity index (χ2v) is 12.7. The molecule has 3 aliphatic heterocycles. The van der Waals surface area contributed by atoms with Crippen molar-refractivity contribution in [2.24, 2.45) is 11.3 Å².